The highest BCUT2D eigenvalue weighted by Gasteiger charge is 2.15. The minimum Gasteiger partial charge on any atom is -0.310 e. The summed E-state index contributed by atoms with van der Waals surface area (Å²) in [5, 5.41) is 11.2. The molecule has 0 saturated heterocycles. The van der Waals surface area contributed by atoms with Crippen molar-refractivity contribution in [3.05, 3.63) is 34.2 Å². The van der Waals surface area contributed by atoms with E-state index in [1.54, 1.807) is 17.8 Å². The van der Waals surface area contributed by atoms with Crippen LogP contribution in [0.5, 0.6) is 0 Å². The SMILES string of the molecule is CC(C)NCc1ccc(F)cc1-c1c(Br)nnn1C. The summed E-state index contributed by atoms with van der Waals surface area (Å²) in [6.07, 6.45) is 0. The first-order valence-electron chi connectivity index (χ1n) is 6.06. The molecule has 0 aliphatic rings. The van der Waals surface area contributed by atoms with Gasteiger partial charge in [0.1, 0.15) is 11.5 Å². The lowest BCUT2D eigenvalue weighted by Crippen LogP contribution is -2.22. The van der Waals surface area contributed by atoms with Gasteiger partial charge in [-0.1, -0.05) is 25.1 Å². The van der Waals surface area contributed by atoms with Gasteiger partial charge in [-0.2, -0.15) is 0 Å². The third kappa shape index (κ3) is 3.19. The van der Waals surface area contributed by atoms with Crippen molar-refractivity contribution in [2.75, 3.05) is 0 Å². The van der Waals surface area contributed by atoms with Crippen molar-refractivity contribution in [2.24, 2.45) is 7.05 Å². The summed E-state index contributed by atoms with van der Waals surface area (Å²) in [4.78, 5) is 0. The Morgan fingerprint density at radius 3 is 2.74 bits per heavy atom. The smallest absolute Gasteiger partial charge is 0.156 e. The van der Waals surface area contributed by atoms with Crippen molar-refractivity contribution in [1.29, 1.82) is 0 Å². The first kappa shape index (κ1) is 14.1. The van der Waals surface area contributed by atoms with E-state index >= 15 is 0 Å². The number of hydrogen-bond acceptors (Lipinski definition) is 3. The van der Waals surface area contributed by atoms with Gasteiger partial charge < -0.3 is 5.32 Å². The minimum atomic E-state index is -0.267. The van der Waals surface area contributed by atoms with Crippen molar-refractivity contribution in [3.8, 4) is 11.3 Å². The monoisotopic (exact) mass is 326 g/mol. The van der Waals surface area contributed by atoms with E-state index in [4.69, 9.17) is 0 Å². The van der Waals surface area contributed by atoms with E-state index < -0.39 is 0 Å². The summed E-state index contributed by atoms with van der Waals surface area (Å²) in [5.41, 5.74) is 2.59. The van der Waals surface area contributed by atoms with Crippen molar-refractivity contribution in [2.45, 2.75) is 26.4 Å². The lowest BCUT2D eigenvalue weighted by molar-refractivity contribution is 0.586. The number of halogens is 2. The molecule has 0 radical (unpaired) electrons. The van der Waals surface area contributed by atoms with Gasteiger partial charge in [-0.15, -0.1) is 5.10 Å². The van der Waals surface area contributed by atoms with Crippen LogP contribution in [0.1, 0.15) is 19.4 Å². The highest BCUT2D eigenvalue weighted by atomic mass is 79.9. The standard InChI is InChI=1S/C13H16BrFN4/c1-8(2)16-7-9-4-5-10(15)6-11(9)12-13(14)17-18-19(12)3/h4-6,8,16H,7H2,1-3H3. The number of aryl methyl sites for hydroxylation is 1. The number of nitrogens with one attached hydrogen (secondary N) is 1. The Balaban J connectivity index is 2.46. The normalized spacial score (nSPS) is 11.3. The van der Waals surface area contributed by atoms with E-state index in [1.807, 2.05) is 0 Å². The highest BCUT2D eigenvalue weighted by molar-refractivity contribution is 9.10. The summed E-state index contributed by atoms with van der Waals surface area (Å²) < 4.78 is 15.8. The molecular formula is C13H16BrFN4. The largest absolute Gasteiger partial charge is 0.310 e. The van der Waals surface area contributed by atoms with Crippen LogP contribution in [0.4, 0.5) is 4.39 Å². The van der Waals surface area contributed by atoms with Crippen LogP contribution in [-0.4, -0.2) is 21.0 Å². The number of benzene rings is 1. The molecule has 1 N–H and O–H groups in total. The van der Waals surface area contributed by atoms with E-state index in [1.165, 1.54) is 12.1 Å². The Morgan fingerprint density at radius 2 is 2.16 bits per heavy atom. The molecule has 19 heavy (non-hydrogen) atoms. The first-order chi connectivity index (χ1) is 8.99. The predicted octanol–water partition coefficient (Wildman–Crippen LogP) is 2.88. The number of hydrogen-bond donors (Lipinski definition) is 1. The Hall–Kier alpha value is -1.27. The molecule has 6 heteroatoms. The quantitative estimate of drug-likeness (QED) is 0.939. The third-order valence-electron chi connectivity index (χ3n) is 2.81. The van der Waals surface area contributed by atoms with Gasteiger partial charge in [-0.25, -0.2) is 9.07 Å². The fourth-order valence-electron chi connectivity index (χ4n) is 1.85. The summed E-state index contributed by atoms with van der Waals surface area (Å²) >= 11 is 3.36. The van der Waals surface area contributed by atoms with E-state index in [0.29, 0.717) is 17.2 Å². The molecular weight excluding hydrogens is 311 g/mol. The summed E-state index contributed by atoms with van der Waals surface area (Å²) in [6, 6.07) is 5.14. The maximum atomic E-state index is 13.5. The second kappa shape index (κ2) is 5.79. The van der Waals surface area contributed by atoms with Gasteiger partial charge in [0.25, 0.3) is 0 Å². The van der Waals surface area contributed by atoms with Gasteiger partial charge in [0.15, 0.2) is 4.60 Å². The third-order valence-corrected chi connectivity index (χ3v) is 3.35. The van der Waals surface area contributed by atoms with Crippen molar-refractivity contribution in [3.63, 3.8) is 0 Å². The van der Waals surface area contributed by atoms with Crippen LogP contribution in [0.3, 0.4) is 0 Å². The lowest BCUT2D eigenvalue weighted by Gasteiger charge is -2.13. The van der Waals surface area contributed by atoms with E-state index in [-0.39, 0.29) is 5.82 Å². The Morgan fingerprint density at radius 1 is 1.42 bits per heavy atom. The number of rotatable bonds is 4. The zero-order valence-corrected chi connectivity index (χ0v) is 12.7. The van der Waals surface area contributed by atoms with Crippen LogP contribution in [0.15, 0.2) is 22.8 Å². The molecule has 0 aliphatic carbocycles. The van der Waals surface area contributed by atoms with Gasteiger partial charge in [0.2, 0.25) is 0 Å². The number of aromatic nitrogens is 3. The molecule has 1 aromatic carbocycles. The average molecular weight is 327 g/mol. The molecule has 0 aliphatic heterocycles. The topological polar surface area (TPSA) is 42.7 Å². The molecule has 0 saturated carbocycles. The molecule has 0 unspecified atom stereocenters. The second-order valence-electron chi connectivity index (χ2n) is 4.69. The molecule has 2 rings (SSSR count). The van der Waals surface area contributed by atoms with E-state index in [0.717, 1.165) is 16.8 Å². The van der Waals surface area contributed by atoms with Crippen molar-refractivity contribution in [1.82, 2.24) is 20.3 Å². The van der Waals surface area contributed by atoms with Crippen molar-refractivity contribution < 1.29 is 4.39 Å². The van der Waals surface area contributed by atoms with Gasteiger partial charge in [0, 0.05) is 25.2 Å². The minimum absolute atomic E-state index is 0.267. The van der Waals surface area contributed by atoms with Crippen LogP contribution in [0.25, 0.3) is 11.3 Å². The van der Waals surface area contributed by atoms with Crippen LogP contribution >= 0.6 is 15.9 Å². The fourth-order valence-corrected chi connectivity index (χ4v) is 2.40. The lowest BCUT2D eigenvalue weighted by atomic mass is 10.0. The zero-order valence-electron chi connectivity index (χ0n) is 11.1. The van der Waals surface area contributed by atoms with Crippen LogP contribution in [-0.2, 0) is 13.6 Å². The van der Waals surface area contributed by atoms with Crippen molar-refractivity contribution >= 4 is 15.9 Å². The first-order valence-corrected chi connectivity index (χ1v) is 6.85. The van der Waals surface area contributed by atoms with E-state index in [9.17, 15) is 4.39 Å². The molecule has 0 atom stereocenters. The second-order valence-corrected chi connectivity index (χ2v) is 5.44. The fraction of sp³-hybridized carbons (Fsp3) is 0.385. The van der Waals surface area contributed by atoms with Gasteiger partial charge in [-0.05, 0) is 33.6 Å². The van der Waals surface area contributed by atoms with Crippen LogP contribution in [0.2, 0.25) is 0 Å². The maximum absolute atomic E-state index is 13.5. The van der Waals surface area contributed by atoms with Gasteiger partial charge in [-0.3, -0.25) is 0 Å². The average Bonchev–Trinajstić information content (AvgIpc) is 2.67. The Bertz CT molecular complexity index is 561. The van der Waals surface area contributed by atoms with Gasteiger partial charge >= 0.3 is 0 Å². The number of nitrogens with zero attached hydrogens (tertiary/aromatic N) is 3. The molecule has 1 heterocycles. The molecule has 4 nitrogen and oxygen atoms in total. The van der Waals surface area contributed by atoms with E-state index in [2.05, 4.69) is 45.4 Å². The molecule has 1 aromatic heterocycles. The summed E-state index contributed by atoms with van der Waals surface area (Å²) in [7, 11) is 1.79. The Labute approximate surface area is 120 Å². The molecule has 0 spiro atoms. The van der Waals surface area contributed by atoms with Gasteiger partial charge in [0.05, 0.1) is 0 Å². The zero-order chi connectivity index (χ0) is 14.0. The molecule has 102 valence electrons. The van der Waals surface area contributed by atoms with Crippen LogP contribution in [0, 0.1) is 5.82 Å². The molecule has 2 aromatic rings. The Kier molecular flexibility index (Phi) is 4.31. The molecule has 0 fully saturated rings. The van der Waals surface area contributed by atoms with Crippen LogP contribution < -0.4 is 5.32 Å². The highest BCUT2D eigenvalue weighted by Crippen LogP contribution is 2.29. The molecule has 0 amide bonds. The molecule has 0 bridgehead atoms. The summed E-state index contributed by atoms with van der Waals surface area (Å²) in [6.45, 7) is 4.82. The summed E-state index contributed by atoms with van der Waals surface area (Å²) in [5.74, 6) is -0.267. The maximum Gasteiger partial charge on any atom is 0.156 e. The predicted molar refractivity (Wildman–Crippen MR) is 76.1 cm³/mol.